The molecule has 0 radical (unpaired) electrons. The van der Waals surface area contributed by atoms with Gasteiger partial charge in [0.05, 0.1) is 13.2 Å². The van der Waals surface area contributed by atoms with E-state index in [-0.39, 0.29) is 30.9 Å². The first-order valence-electron chi connectivity index (χ1n) is 8.43. The second kappa shape index (κ2) is 8.03. The van der Waals surface area contributed by atoms with Gasteiger partial charge < -0.3 is 25.6 Å². The number of carbonyl (C=O) groups is 3. The number of nitrogens with zero attached hydrogens (tertiary/aromatic N) is 1. The summed E-state index contributed by atoms with van der Waals surface area (Å²) in [5.41, 5.74) is 0.604. The van der Waals surface area contributed by atoms with Crippen LogP contribution in [0.5, 0.6) is 0 Å². The Bertz CT molecular complexity index is 697. The van der Waals surface area contributed by atoms with Crippen molar-refractivity contribution < 1.29 is 19.1 Å². The van der Waals surface area contributed by atoms with Gasteiger partial charge in [-0.2, -0.15) is 0 Å². The third kappa shape index (κ3) is 3.98. The molecule has 3 amide bonds. The number of benzene rings is 1. The van der Waals surface area contributed by atoms with Crippen molar-refractivity contribution in [2.24, 2.45) is 0 Å². The SMILES string of the molecule is CNCC(=O)N[C@H]1COC2CCC(C(=O)Nc3ccc(Cl)cc3)N2C1=O. The normalized spacial score (nSPS) is 24.9. The van der Waals surface area contributed by atoms with E-state index in [1.165, 1.54) is 4.90 Å². The van der Waals surface area contributed by atoms with Crippen molar-refractivity contribution in [3.63, 3.8) is 0 Å². The number of hydrogen-bond acceptors (Lipinski definition) is 5. The van der Waals surface area contributed by atoms with E-state index < -0.39 is 18.3 Å². The van der Waals surface area contributed by atoms with E-state index in [4.69, 9.17) is 16.3 Å². The van der Waals surface area contributed by atoms with Crippen LogP contribution in [0, 0.1) is 0 Å². The average Bonchev–Trinajstić information content (AvgIpc) is 3.05. The molecule has 0 aromatic heterocycles. The van der Waals surface area contributed by atoms with Gasteiger partial charge in [0, 0.05) is 10.7 Å². The maximum atomic E-state index is 12.8. The zero-order valence-electron chi connectivity index (χ0n) is 14.3. The molecule has 2 aliphatic rings. The molecule has 3 atom stereocenters. The number of hydrogen-bond donors (Lipinski definition) is 3. The molecular formula is C17H21ClN4O4. The second-order valence-corrected chi connectivity index (χ2v) is 6.71. The maximum absolute atomic E-state index is 12.8. The summed E-state index contributed by atoms with van der Waals surface area (Å²) in [5.74, 6) is -0.873. The number of nitrogens with one attached hydrogen (secondary N) is 3. The van der Waals surface area contributed by atoms with E-state index in [0.29, 0.717) is 23.6 Å². The second-order valence-electron chi connectivity index (χ2n) is 6.27. The van der Waals surface area contributed by atoms with Gasteiger partial charge in [-0.05, 0) is 44.2 Å². The molecule has 140 valence electrons. The molecule has 8 nitrogen and oxygen atoms in total. The van der Waals surface area contributed by atoms with Gasteiger partial charge in [-0.1, -0.05) is 11.6 Å². The molecule has 2 heterocycles. The van der Waals surface area contributed by atoms with Gasteiger partial charge in [-0.15, -0.1) is 0 Å². The summed E-state index contributed by atoms with van der Waals surface area (Å²) >= 11 is 5.84. The van der Waals surface area contributed by atoms with Crippen molar-refractivity contribution in [3.05, 3.63) is 29.3 Å². The zero-order chi connectivity index (χ0) is 18.7. The molecule has 3 N–H and O–H groups in total. The fourth-order valence-corrected chi connectivity index (χ4v) is 3.35. The van der Waals surface area contributed by atoms with Gasteiger partial charge in [0.15, 0.2) is 0 Å². The predicted octanol–water partition coefficient (Wildman–Crippen LogP) is 0.330. The maximum Gasteiger partial charge on any atom is 0.250 e. The summed E-state index contributed by atoms with van der Waals surface area (Å²) in [4.78, 5) is 38.6. The Kier molecular flexibility index (Phi) is 5.75. The predicted molar refractivity (Wildman–Crippen MR) is 95.5 cm³/mol. The summed E-state index contributed by atoms with van der Waals surface area (Å²) in [6.07, 6.45) is 0.662. The van der Waals surface area contributed by atoms with Crippen LogP contribution in [0.2, 0.25) is 5.02 Å². The number of carbonyl (C=O) groups excluding carboxylic acids is 3. The number of rotatable bonds is 5. The lowest BCUT2D eigenvalue weighted by Crippen LogP contribution is -2.61. The summed E-state index contributed by atoms with van der Waals surface area (Å²) in [6.45, 7) is 0.217. The molecule has 0 aliphatic carbocycles. The highest BCUT2D eigenvalue weighted by Crippen LogP contribution is 2.30. The number of halogens is 1. The highest BCUT2D eigenvalue weighted by Gasteiger charge is 2.47. The van der Waals surface area contributed by atoms with Gasteiger partial charge in [0.2, 0.25) is 17.7 Å². The number of likely N-dealkylation sites (N-methyl/N-ethyl adjacent to an activating group) is 1. The summed E-state index contributed by atoms with van der Waals surface area (Å²) < 4.78 is 5.68. The smallest absolute Gasteiger partial charge is 0.250 e. The lowest BCUT2D eigenvalue weighted by Gasteiger charge is -2.37. The molecule has 2 unspecified atom stereocenters. The topological polar surface area (TPSA) is 99.8 Å². The monoisotopic (exact) mass is 380 g/mol. The summed E-state index contributed by atoms with van der Waals surface area (Å²) in [6, 6.07) is 5.33. The minimum Gasteiger partial charge on any atom is -0.356 e. The highest BCUT2D eigenvalue weighted by molar-refractivity contribution is 6.30. The van der Waals surface area contributed by atoms with Gasteiger partial charge in [-0.3, -0.25) is 14.4 Å². The molecule has 0 spiro atoms. The van der Waals surface area contributed by atoms with Crippen molar-refractivity contribution >= 4 is 35.0 Å². The van der Waals surface area contributed by atoms with Crippen molar-refractivity contribution in [2.45, 2.75) is 31.2 Å². The molecule has 3 rings (SSSR count). The first-order valence-corrected chi connectivity index (χ1v) is 8.81. The van der Waals surface area contributed by atoms with Crippen LogP contribution in [-0.4, -0.2) is 61.1 Å². The zero-order valence-corrected chi connectivity index (χ0v) is 15.1. The van der Waals surface area contributed by atoms with E-state index in [0.717, 1.165) is 0 Å². The Morgan fingerprint density at radius 3 is 2.69 bits per heavy atom. The van der Waals surface area contributed by atoms with E-state index in [9.17, 15) is 14.4 Å². The third-order valence-electron chi connectivity index (χ3n) is 4.43. The molecule has 9 heteroatoms. The van der Waals surface area contributed by atoms with Gasteiger partial charge in [-0.25, -0.2) is 0 Å². The van der Waals surface area contributed by atoms with E-state index in [1.54, 1.807) is 31.3 Å². The largest absolute Gasteiger partial charge is 0.356 e. The van der Waals surface area contributed by atoms with Gasteiger partial charge >= 0.3 is 0 Å². The van der Waals surface area contributed by atoms with Crippen molar-refractivity contribution in [1.82, 2.24) is 15.5 Å². The highest BCUT2D eigenvalue weighted by atomic mass is 35.5. The number of anilines is 1. The molecular weight excluding hydrogens is 360 g/mol. The Morgan fingerprint density at radius 1 is 1.27 bits per heavy atom. The van der Waals surface area contributed by atoms with Crippen molar-refractivity contribution in [2.75, 3.05) is 25.5 Å². The van der Waals surface area contributed by atoms with Crippen LogP contribution in [0.3, 0.4) is 0 Å². The number of ether oxygens (including phenoxy) is 1. The van der Waals surface area contributed by atoms with Crippen LogP contribution in [0.4, 0.5) is 5.69 Å². The number of amides is 3. The molecule has 0 bridgehead atoms. The van der Waals surface area contributed by atoms with Crippen molar-refractivity contribution in [1.29, 1.82) is 0 Å². The Balaban J connectivity index is 1.67. The van der Waals surface area contributed by atoms with Crippen LogP contribution >= 0.6 is 11.6 Å². The molecule has 1 aromatic carbocycles. The van der Waals surface area contributed by atoms with Crippen LogP contribution in [0.15, 0.2) is 24.3 Å². The third-order valence-corrected chi connectivity index (χ3v) is 4.68. The standard InChI is InChI=1S/C17H21ClN4O4/c1-19-8-14(23)21-12-9-26-15-7-6-13(22(15)17(12)25)16(24)20-11-4-2-10(18)3-5-11/h2-5,12-13,15,19H,6-9H2,1H3,(H,20,24)(H,21,23)/t12-,13?,15?/m0/s1. The molecule has 2 aliphatic heterocycles. The minimum atomic E-state index is -0.781. The quantitative estimate of drug-likeness (QED) is 0.683. The van der Waals surface area contributed by atoms with Crippen molar-refractivity contribution in [3.8, 4) is 0 Å². The average molecular weight is 381 g/mol. The minimum absolute atomic E-state index is 0.105. The fourth-order valence-electron chi connectivity index (χ4n) is 3.22. The summed E-state index contributed by atoms with van der Waals surface area (Å²) in [7, 11) is 1.65. The van der Waals surface area contributed by atoms with Gasteiger partial charge in [0.1, 0.15) is 18.3 Å². The number of fused-ring (bicyclic) bond motifs is 1. The lowest BCUT2D eigenvalue weighted by atomic mass is 10.1. The molecule has 2 fully saturated rings. The van der Waals surface area contributed by atoms with E-state index >= 15 is 0 Å². The van der Waals surface area contributed by atoms with Crippen LogP contribution in [0.25, 0.3) is 0 Å². The molecule has 2 saturated heterocycles. The first kappa shape index (κ1) is 18.6. The Morgan fingerprint density at radius 2 is 2.00 bits per heavy atom. The lowest BCUT2D eigenvalue weighted by molar-refractivity contribution is -0.166. The summed E-state index contributed by atoms with van der Waals surface area (Å²) in [5, 5.41) is 8.73. The van der Waals surface area contributed by atoms with Crippen LogP contribution in [0.1, 0.15) is 12.8 Å². The fraction of sp³-hybridized carbons (Fsp3) is 0.471. The molecule has 0 saturated carbocycles. The molecule has 1 aromatic rings. The van der Waals surface area contributed by atoms with Crippen LogP contribution < -0.4 is 16.0 Å². The Labute approximate surface area is 156 Å². The van der Waals surface area contributed by atoms with Crippen LogP contribution in [-0.2, 0) is 19.1 Å². The molecule has 26 heavy (non-hydrogen) atoms. The van der Waals surface area contributed by atoms with E-state index in [1.807, 2.05) is 0 Å². The van der Waals surface area contributed by atoms with Gasteiger partial charge in [0.25, 0.3) is 0 Å². The van der Waals surface area contributed by atoms with E-state index in [2.05, 4.69) is 16.0 Å². The Hall–Kier alpha value is -2.16. The first-order chi connectivity index (χ1) is 12.5.